The highest BCUT2D eigenvalue weighted by atomic mass is 35.5. The van der Waals surface area contributed by atoms with Gasteiger partial charge in [0, 0.05) is 24.5 Å². The third-order valence-electron chi connectivity index (χ3n) is 4.04. The maximum Gasteiger partial charge on any atom is 0.240 e. The normalized spacial score (nSPS) is 16.5. The first-order valence-electron chi connectivity index (χ1n) is 7.66. The van der Waals surface area contributed by atoms with E-state index in [4.69, 9.17) is 16.3 Å². The van der Waals surface area contributed by atoms with Crippen LogP contribution in [0.4, 0.5) is 0 Å². The van der Waals surface area contributed by atoms with E-state index in [0.717, 1.165) is 44.3 Å². The molecule has 22 heavy (non-hydrogen) atoms. The van der Waals surface area contributed by atoms with Crippen LogP contribution in [0.15, 0.2) is 18.2 Å². The Kier molecular flexibility index (Phi) is 6.09. The number of rotatable bonds is 4. The summed E-state index contributed by atoms with van der Waals surface area (Å²) in [6.45, 7) is 1.51. The van der Waals surface area contributed by atoms with Crippen LogP contribution in [0.2, 0.25) is 5.02 Å². The average Bonchev–Trinajstić information content (AvgIpc) is 2.81. The van der Waals surface area contributed by atoms with E-state index in [1.807, 2.05) is 4.90 Å². The summed E-state index contributed by atoms with van der Waals surface area (Å²) in [6.07, 6.45) is 4.68. The molecule has 1 aromatic carbocycles. The van der Waals surface area contributed by atoms with Crippen molar-refractivity contribution in [2.24, 2.45) is 5.92 Å². The lowest BCUT2D eigenvalue weighted by Gasteiger charge is -2.23. The zero-order chi connectivity index (χ0) is 15.9. The summed E-state index contributed by atoms with van der Waals surface area (Å²) in [5, 5.41) is 10.00. The molecule has 2 rings (SSSR count). The van der Waals surface area contributed by atoms with Crippen LogP contribution < -0.4 is 4.74 Å². The molecule has 1 saturated heterocycles. The van der Waals surface area contributed by atoms with Crippen LogP contribution in [0.3, 0.4) is 0 Å². The second kappa shape index (κ2) is 8.05. The lowest BCUT2D eigenvalue weighted by Crippen LogP contribution is -2.37. The molecule has 1 atom stereocenters. The highest BCUT2D eigenvalue weighted by Gasteiger charge is 2.26. The molecule has 1 aromatic rings. The number of amides is 1. The molecule has 118 valence electrons. The number of likely N-dealkylation sites (tertiary alicyclic amines) is 1. The molecule has 0 aliphatic carbocycles. The molecule has 4 nitrogen and oxygen atoms in total. The fraction of sp³-hybridized carbons (Fsp3) is 0.529. The van der Waals surface area contributed by atoms with Gasteiger partial charge in [0.05, 0.1) is 13.2 Å². The number of carbonyl (C=O) groups is 1. The van der Waals surface area contributed by atoms with Gasteiger partial charge in [0.2, 0.25) is 5.91 Å². The van der Waals surface area contributed by atoms with Crippen molar-refractivity contribution in [2.45, 2.75) is 32.1 Å². The van der Waals surface area contributed by atoms with Crippen molar-refractivity contribution in [3.63, 3.8) is 0 Å². The van der Waals surface area contributed by atoms with Gasteiger partial charge in [-0.15, -0.1) is 0 Å². The van der Waals surface area contributed by atoms with Crippen LogP contribution in [0.25, 0.3) is 0 Å². The third kappa shape index (κ3) is 4.14. The van der Waals surface area contributed by atoms with Crippen LogP contribution in [0, 0.1) is 17.2 Å². The Bertz CT molecular complexity index is 560. The highest BCUT2D eigenvalue weighted by molar-refractivity contribution is 6.30. The molecular weight excluding hydrogens is 300 g/mol. The smallest absolute Gasteiger partial charge is 0.240 e. The van der Waals surface area contributed by atoms with E-state index in [1.54, 1.807) is 25.3 Å². The van der Waals surface area contributed by atoms with Crippen molar-refractivity contribution in [3.8, 4) is 11.8 Å². The number of methoxy groups -OCH3 is 1. The van der Waals surface area contributed by atoms with E-state index in [-0.39, 0.29) is 5.91 Å². The number of hydrogen-bond acceptors (Lipinski definition) is 3. The summed E-state index contributed by atoms with van der Waals surface area (Å²) in [5.41, 5.74) is 0.796. The summed E-state index contributed by atoms with van der Waals surface area (Å²) >= 11 is 6.02. The summed E-state index contributed by atoms with van der Waals surface area (Å²) in [7, 11) is 1.57. The van der Waals surface area contributed by atoms with Crippen molar-refractivity contribution in [1.82, 2.24) is 4.90 Å². The molecule has 1 amide bonds. The molecule has 0 spiro atoms. The number of benzene rings is 1. The van der Waals surface area contributed by atoms with E-state index in [2.05, 4.69) is 6.07 Å². The Morgan fingerprint density at radius 3 is 2.64 bits per heavy atom. The predicted molar refractivity (Wildman–Crippen MR) is 85.9 cm³/mol. The van der Waals surface area contributed by atoms with Crippen LogP contribution >= 0.6 is 11.6 Å². The fourth-order valence-corrected chi connectivity index (χ4v) is 3.02. The third-order valence-corrected chi connectivity index (χ3v) is 4.27. The van der Waals surface area contributed by atoms with E-state index in [0.29, 0.717) is 17.2 Å². The maximum absolute atomic E-state index is 12.6. The monoisotopic (exact) mass is 320 g/mol. The number of halogens is 1. The molecule has 1 aliphatic heterocycles. The lowest BCUT2D eigenvalue weighted by molar-refractivity contribution is -0.133. The zero-order valence-corrected chi connectivity index (χ0v) is 13.6. The van der Waals surface area contributed by atoms with Gasteiger partial charge in [0.15, 0.2) is 0 Å². The molecule has 0 bridgehead atoms. The quantitative estimate of drug-likeness (QED) is 0.854. The fourth-order valence-electron chi connectivity index (χ4n) is 2.83. The minimum absolute atomic E-state index is 0.0774. The standard InChI is InChI=1S/C17H21ClN2O2/c1-22-16-7-6-15(18)11-13(16)10-14(12-19)17(21)20-8-4-2-3-5-9-20/h6-7,11,14H,2-5,8-10H2,1H3. The topological polar surface area (TPSA) is 53.3 Å². The van der Waals surface area contributed by atoms with Gasteiger partial charge in [-0.3, -0.25) is 4.79 Å². The van der Waals surface area contributed by atoms with Crippen molar-refractivity contribution in [1.29, 1.82) is 5.26 Å². The highest BCUT2D eigenvalue weighted by Crippen LogP contribution is 2.26. The Hall–Kier alpha value is -1.73. The predicted octanol–water partition coefficient (Wildman–Crippen LogP) is 3.43. The van der Waals surface area contributed by atoms with Crippen molar-refractivity contribution in [3.05, 3.63) is 28.8 Å². The molecule has 0 aromatic heterocycles. The Labute approximate surface area is 136 Å². The molecule has 1 heterocycles. The van der Waals surface area contributed by atoms with E-state index in [1.165, 1.54) is 0 Å². The van der Waals surface area contributed by atoms with Gasteiger partial charge >= 0.3 is 0 Å². The molecular formula is C17H21ClN2O2. The summed E-state index contributed by atoms with van der Waals surface area (Å²) in [5.74, 6) is -0.106. The van der Waals surface area contributed by atoms with Crippen molar-refractivity contribution >= 4 is 17.5 Å². The molecule has 1 aliphatic rings. The van der Waals surface area contributed by atoms with E-state index in [9.17, 15) is 10.1 Å². The number of ether oxygens (including phenoxy) is 1. The van der Waals surface area contributed by atoms with Crippen LogP contribution in [-0.2, 0) is 11.2 Å². The second-order valence-corrected chi connectivity index (χ2v) is 6.02. The Morgan fingerprint density at radius 1 is 1.36 bits per heavy atom. The average molecular weight is 321 g/mol. The number of hydrogen-bond donors (Lipinski definition) is 0. The molecule has 1 unspecified atom stereocenters. The van der Waals surface area contributed by atoms with E-state index < -0.39 is 5.92 Å². The Balaban J connectivity index is 2.13. The zero-order valence-electron chi connectivity index (χ0n) is 12.8. The first kappa shape index (κ1) is 16.6. The summed E-state index contributed by atoms with van der Waals surface area (Å²) < 4.78 is 5.30. The first-order chi connectivity index (χ1) is 10.7. The maximum atomic E-state index is 12.6. The van der Waals surface area contributed by atoms with Crippen molar-refractivity contribution in [2.75, 3.05) is 20.2 Å². The minimum atomic E-state index is -0.689. The molecule has 5 heteroatoms. The van der Waals surface area contributed by atoms with E-state index >= 15 is 0 Å². The molecule has 0 N–H and O–H groups in total. The number of carbonyl (C=O) groups excluding carboxylic acids is 1. The number of nitriles is 1. The summed E-state index contributed by atoms with van der Waals surface area (Å²) in [6, 6.07) is 7.42. The largest absolute Gasteiger partial charge is 0.496 e. The minimum Gasteiger partial charge on any atom is -0.496 e. The van der Waals surface area contributed by atoms with Gasteiger partial charge < -0.3 is 9.64 Å². The SMILES string of the molecule is COc1ccc(Cl)cc1CC(C#N)C(=O)N1CCCCCC1. The van der Waals surface area contributed by atoms with Gasteiger partial charge in [-0.1, -0.05) is 24.4 Å². The van der Waals surface area contributed by atoms with Gasteiger partial charge in [-0.05, 0) is 36.6 Å². The van der Waals surface area contributed by atoms with Crippen LogP contribution in [0.1, 0.15) is 31.2 Å². The van der Waals surface area contributed by atoms with Gasteiger partial charge in [0.25, 0.3) is 0 Å². The van der Waals surface area contributed by atoms with Gasteiger partial charge in [-0.2, -0.15) is 5.26 Å². The first-order valence-corrected chi connectivity index (χ1v) is 8.04. The second-order valence-electron chi connectivity index (χ2n) is 5.58. The molecule has 1 fully saturated rings. The number of nitrogens with zero attached hydrogens (tertiary/aromatic N) is 2. The van der Waals surface area contributed by atoms with Gasteiger partial charge in [0.1, 0.15) is 11.7 Å². The van der Waals surface area contributed by atoms with Gasteiger partial charge in [-0.25, -0.2) is 0 Å². The Morgan fingerprint density at radius 2 is 2.05 bits per heavy atom. The van der Waals surface area contributed by atoms with Crippen LogP contribution in [-0.4, -0.2) is 31.0 Å². The van der Waals surface area contributed by atoms with Crippen molar-refractivity contribution < 1.29 is 9.53 Å². The molecule has 0 radical (unpaired) electrons. The lowest BCUT2D eigenvalue weighted by atomic mass is 9.98. The molecule has 0 saturated carbocycles. The summed E-state index contributed by atoms with van der Waals surface area (Å²) in [4.78, 5) is 14.4. The van der Waals surface area contributed by atoms with Crippen LogP contribution in [0.5, 0.6) is 5.75 Å².